The van der Waals surface area contributed by atoms with E-state index in [0.717, 1.165) is 69.3 Å². The maximum absolute atomic E-state index is 13.4. The molecule has 0 saturated heterocycles. The molecule has 5 atom stereocenters. The lowest BCUT2D eigenvalue weighted by molar-refractivity contribution is -0.138. The van der Waals surface area contributed by atoms with E-state index in [1.54, 1.807) is 25.1 Å². The van der Waals surface area contributed by atoms with Gasteiger partial charge in [-0.05, 0) is 123 Å². The van der Waals surface area contributed by atoms with E-state index in [-0.39, 0.29) is 23.8 Å². The van der Waals surface area contributed by atoms with Gasteiger partial charge in [-0.2, -0.15) is 0 Å². The Morgan fingerprint density at radius 2 is 1.81 bits per heavy atom. The highest BCUT2D eigenvalue weighted by Crippen LogP contribution is 2.42. The SMILES string of the molecule is C[C@@H]1[C@@H](C)C[C@@H](CC(=O)O)CC[C@@H]2CC[C@H]2CN2CCCCc3cc(Cl)ccc3COc3ccc(cc32)C(=O)NS1(=O)=O. The number of aryl methyl sites for hydroxylation is 1. The van der Waals surface area contributed by atoms with Crippen LogP contribution in [0.5, 0.6) is 5.75 Å². The molecule has 0 unspecified atom stereocenters. The van der Waals surface area contributed by atoms with Crippen LogP contribution in [-0.4, -0.2) is 43.7 Å². The zero-order valence-electron chi connectivity index (χ0n) is 25.1. The summed E-state index contributed by atoms with van der Waals surface area (Å²) in [5, 5.41) is 9.43. The molecule has 2 aromatic rings. The maximum atomic E-state index is 13.4. The van der Waals surface area contributed by atoms with E-state index in [4.69, 9.17) is 16.3 Å². The average Bonchev–Trinajstić information content (AvgIpc) is 2.97. The third kappa shape index (κ3) is 7.66. The number of hydrogen-bond acceptors (Lipinski definition) is 6. The zero-order chi connectivity index (χ0) is 30.7. The predicted octanol–water partition coefficient (Wildman–Crippen LogP) is 6.45. The number of carbonyl (C=O) groups excluding carboxylic acids is 1. The fourth-order valence-corrected chi connectivity index (χ4v) is 8.41. The first-order chi connectivity index (χ1) is 20.5. The molecule has 2 aliphatic heterocycles. The average molecular weight is 631 g/mol. The molecule has 234 valence electrons. The minimum atomic E-state index is -4.00. The van der Waals surface area contributed by atoms with Gasteiger partial charge in [-0.3, -0.25) is 9.59 Å². The lowest BCUT2D eigenvalue weighted by Gasteiger charge is -2.42. The topological polar surface area (TPSA) is 113 Å². The van der Waals surface area contributed by atoms with Crippen molar-refractivity contribution in [3.05, 3.63) is 58.1 Å². The summed E-state index contributed by atoms with van der Waals surface area (Å²) in [5.74, 6) is -0.360. The number of carbonyl (C=O) groups is 2. The Bertz CT molecular complexity index is 1450. The van der Waals surface area contributed by atoms with Gasteiger partial charge >= 0.3 is 5.97 Å². The van der Waals surface area contributed by atoms with Crippen LogP contribution < -0.4 is 14.4 Å². The van der Waals surface area contributed by atoms with Gasteiger partial charge < -0.3 is 14.7 Å². The Morgan fingerprint density at radius 3 is 2.56 bits per heavy atom. The summed E-state index contributed by atoms with van der Waals surface area (Å²) in [6.07, 6.45) is 7.20. The molecule has 0 spiro atoms. The molecule has 1 amide bonds. The summed E-state index contributed by atoms with van der Waals surface area (Å²) in [7, 11) is -4.00. The van der Waals surface area contributed by atoms with Gasteiger partial charge in [0.1, 0.15) is 12.4 Å². The number of aliphatic carboxylic acids is 1. The summed E-state index contributed by atoms with van der Waals surface area (Å²) in [6.45, 7) is 5.37. The number of amides is 1. The van der Waals surface area contributed by atoms with Gasteiger partial charge in [0.05, 0.1) is 10.9 Å². The van der Waals surface area contributed by atoms with E-state index < -0.39 is 27.1 Å². The number of carboxylic acid groups (broad SMARTS) is 1. The van der Waals surface area contributed by atoms with Crippen molar-refractivity contribution >= 4 is 39.2 Å². The lowest BCUT2D eigenvalue weighted by atomic mass is 9.69. The van der Waals surface area contributed by atoms with Crippen LogP contribution in [0.2, 0.25) is 5.02 Å². The first-order valence-electron chi connectivity index (χ1n) is 15.6. The summed E-state index contributed by atoms with van der Waals surface area (Å²) in [5.41, 5.74) is 3.31. The monoisotopic (exact) mass is 630 g/mol. The molecular formula is C33H43ClN2O6S. The van der Waals surface area contributed by atoms with Crippen molar-refractivity contribution in [2.24, 2.45) is 23.7 Å². The Kier molecular flexibility index (Phi) is 9.91. The van der Waals surface area contributed by atoms with Crippen molar-refractivity contribution in [2.45, 2.75) is 83.5 Å². The van der Waals surface area contributed by atoms with Gasteiger partial charge in [0.15, 0.2) is 0 Å². The number of halogens is 1. The zero-order valence-corrected chi connectivity index (χ0v) is 26.6. The smallest absolute Gasteiger partial charge is 0.303 e. The van der Waals surface area contributed by atoms with Crippen molar-refractivity contribution in [3.8, 4) is 5.75 Å². The number of fused-ring (bicyclic) bond motifs is 3. The molecule has 2 heterocycles. The summed E-state index contributed by atoms with van der Waals surface area (Å²) in [4.78, 5) is 27.4. The van der Waals surface area contributed by atoms with Gasteiger partial charge in [-0.1, -0.05) is 24.6 Å². The number of benzene rings is 2. The Hall–Kier alpha value is -2.78. The third-order valence-corrected chi connectivity index (χ3v) is 12.1. The standard InChI is InChI=1S/C33H43ClN2O6S/c1-21-15-23(16-32(37)38)6-7-24-8-9-27(24)19-36-14-4-3-5-25-17-29(34)12-10-28(25)20-42-31-13-11-26(18-30(31)36)33(39)35-43(40,41)22(21)2/h10-13,17-18,21-24,27H,3-9,14-16,19-20H2,1-2H3,(H,35,39)(H,37,38)/t21-,22+,23-,24+,27-/m0/s1. The second-order valence-corrected chi connectivity index (χ2v) is 15.3. The fourth-order valence-electron chi connectivity index (χ4n) is 6.93. The van der Waals surface area contributed by atoms with Crippen LogP contribution in [0.3, 0.4) is 0 Å². The van der Waals surface area contributed by atoms with E-state index in [2.05, 4.69) is 9.62 Å². The van der Waals surface area contributed by atoms with Crippen molar-refractivity contribution in [1.29, 1.82) is 0 Å². The summed E-state index contributed by atoms with van der Waals surface area (Å²) < 4.78 is 35.3. The van der Waals surface area contributed by atoms with Crippen LogP contribution in [0.4, 0.5) is 5.69 Å². The Morgan fingerprint density at radius 1 is 1.05 bits per heavy atom. The minimum absolute atomic E-state index is 0.0197. The number of nitrogens with one attached hydrogen (secondary N) is 1. The minimum Gasteiger partial charge on any atom is -0.487 e. The van der Waals surface area contributed by atoms with Crippen molar-refractivity contribution < 1.29 is 27.9 Å². The molecule has 0 radical (unpaired) electrons. The molecule has 2 bridgehead atoms. The van der Waals surface area contributed by atoms with Gasteiger partial charge in [0, 0.05) is 30.1 Å². The van der Waals surface area contributed by atoms with E-state index in [9.17, 15) is 23.1 Å². The van der Waals surface area contributed by atoms with Crippen LogP contribution in [0.25, 0.3) is 0 Å². The van der Waals surface area contributed by atoms with Gasteiger partial charge in [-0.15, -0.1) is 0 Å². The van der Waals surface area contributed by atoms with Crippen molar-refractivity contribution in [2.75, 3.05) is 18.0 Å². The molecular weight excluding hydrogens is 588 g/mol. The normalized spacial score (nSPS) is 28.1. The largest absolute Gasteiger partial charge is 0.487 e. The first-order valence-corrected chi connectivity index (χ1v) is 17.5. The highest BCUT2D eigenvalue weighted by molar-refractivity contribution is 7.90. The maximum Gasteiger partial charge on any atom is 0.303 e. The summed E-state index contributed by atoms with van der Waals surface area (Å²) >= 11 is 6.31. The number of ether oxygens (including phenoxy) is 1. The Balaban J connectivity index is 1.51. The number of hydrogen-bond donors (Lipinski definition) is 2. The highest BCUT2D eigenvalue weighted by Gasteiger charge is 2.35. The number of rotatable bonds is 2. The van der Waals surface area contributed by atoms with Crippen LogP contribution in [0.1, 0.15) is 86.7 Å². The molecule has 1 saturated carbocycles. The molecule has 8 nitrogen and oxygen atoms in total. The lowest BCUT2D eigenvalue weighted by Crippen LogP contribution is -2.41. The number of anilines is 1. The number of sulfonamides is 1. The molecule has 1 aliphatic carbocycles. The van der Waals surface area contributed by atoms with Gasteiger partial charge in [0.25, 0.3) is 5.91 Å². The quantitative estimate of drug-likeness (QED) is 0.392. The third-order valence-electron chi connectivity index (χ3n) is 9.91. The van der Waals surface area contributed by atoms with Crippen LogP contribution in [-0.2, 0) is 27.8 Å². The fraction of sp³-hybridized carbons (Fsp3) is 0.576. The second kappa shape index (κ2) is 13.5. The molecule has 3 aliphatic rings. The highest BCUT2D eigenvalue weighted by atomic mass is 35.5. The van der Waals surface area contributed by atoms with Crippen LogP contribution >= 0.6 is 11.6 Å². The van der Waals surface area contributed by atoms with Crippen molar-refractivity contribution in [1.82, 2.24) is 4.72 Å². The van der Waals surface area contributed by atoms with E-state index >= 15 is 0 Å². The summed E-state index contributed by atoms with van der Waals surface area (Å²) in [6, 6.07) is 11.1. The molecule has 5 rings (SSSR count). The number of nitrogens with zero attached hydrogens (tertiary/aromatic N) is 1. The first kappa shape index (κ1) is 31.6. The van der Waals surface area contributed by atoms with E-state index in [1.807, 2.05) is 25.1 Å². The second-order valence-electron chi connectivity index (χ2n) is 12.8. The van der Waals surface area contributed by atoms with E-state index in [0.29, 0.717) is 35.6 Å². The molecule has 0 aromatic heterocycles. The molecule has 43 heavy (non-hydrogen) atoms. The Labute approximate surface area is 260 Å². The van der Waals surface area contributed by atoms with Gasteiger partial charge in [0.2, 0.25) is 10.0 Å². The molecule has 2 N–H and O–H groups in total. The molecule has 1 fully saturated rings. The van der Waals surface area contributed by atoms with Gasteiger partial charge in [-0.25, -0.2) is 13.1 Å². The van der Waals surface area contributed by atoms with Crippen LogP contribution in [0, 0.1) is 23.7 Å². The van der Waals surface area contributed by atoms with Crippen molar-refractivity contribution in [3.63, 3.8) is 0 Å². The molecule has 2 aromatic carbocycles. The molecule has 10 heteroatoms. The number of carboxylic acids is 1. The van der Waals surface area contributed by atoms with Crippen LogP contribution in [0.15, 0.2) is 36.4 Å². The van der Waals surface area contributed by atoms with E-state index in [1.165, 1.54) is 5.56 Å². The predicted molar refractivity (Wildman–Crippen MR) is 168 cm³/mol.